The minimum atomic E-state index is -1.44. The standard InChI is InChI=1S/C54H70N8O10/c1-30-20-45(67)49(62(7)53(69)35(17-19-56)24-44(66)48-31(2)59-51(60-32(48)3)34-12-14-37(15-13-34)54(4,5)6)36-23-41(50(70-8)47(25-36)72-29-39(64)27-58)40-21-33(11-16-46(40)71-28-38(63)26-57)22-42(61-52(30)68)43(65)10-9-18-55/h11-16,21,23,25,30,35,38-39,42,49,63-64H,9-10,17,19-20,22,24,26-29,56-58H2,1-8H3,(H,61,68)/t30-,35-,38-,39-,42+,49+/m1/s1. The molecule has 0 unspecified atom stereocenters. The number of aromatic nitrogens is 2. The number of ketones is 3. The summed E-state index contributed by atoms with van der Waals surface area (Å²) < 4.78 is 18.3. The Morgan fingerprint density at radius 3 is 2.10 bits per heavy atom. The number of hydrogen-bond acceptors (Lipinski definition) is 16. The van der Waals surface area contributed by atoms with Crippen LogP contribution in [0.25, 0.3) is 22.5 Å². The fraction of sp³-hybridized carbons (Fsp3) is 0.481. The smallest absolute Gasteiger partial charge is 0.226 e. The SMILES string of the molecule is COc1c(OC[C@H](O)CN)cc2cc1-c1cc(ccc1OC[C@H](O)CN)C[C@@H](C(=O)CCC#N)NC(=O)[C@H](C)CC(=O)[C@H]2N(C)C(=O)[C@H](CCN)CC(=O)c1c(C)nc(-c2ccc(C(C)(C)C)cc2)nc1C. The van der Waals surface area contributed by atoms with E-state index in [-0.39, 0.29) is 98.7 Å². The summed E-state index contributed by atoms with van der Waals surface area (Å²) in [4.78, 5) is 82.7. The summed E-state index contributed by atoms with van der Waals surface area (Å²) in [5.74, 6) is -3.78. The average Bonchev–Trinajstić information content (AvgIpc) is 3.34. The fourth-order valence-corrected chi connectivity index (χ4v) is 8.75. The molecule has 0 saturated carbocycles. The lowest BCUT2D eigenvalue weighted by Gasteiger charge is -2.32. The van der Waals surface area contributed by atoms with Crippen molar-refractivity contribution in [2.24, 2.45) is 29.0 Å². The normalized spacial score (nSPS) is 17.4. The number of fused-ring (bicyclic) bond motifs is 5. The van der Waals surface area contributed by atoms with E-state index in [0.29, 0.717) is 33.9 Å². The lowest BCUT2D eigenvalue weighted by molar-refractivity contribution is -0.142. The van der Waals surface area contributed by atoms with Crippen LogP contribution in [0.5, 0.6) is 17.2 Å². The molecule has 9 N–H and O–H groups in total. The Kier molecular flexibility index (Phi) is 19.7. The number of likely N-dealkylation sites (N-methyl/N-ethyl adjacent to an activating group) is 1. The fourth-order valence-electron chi connectivity index (χ4n) is 8.75. The van der Waals surface area contributed by atoms with Crippen molar-refractivity contribution in [2.75, 3.05) is 47.0 Å². The number of carbonyl (C=O) groups is 5. The number of nitrogens with two attached hydrogens (primary N) is 3. The van der Waals surface area contributed by atoms with Gasteiger partial charge in [0.05, 0.1) is 36.2 Å². The van der Waals surface area contributed by atoms with Crippen LogP contribution in [-0.2, 0) is 31.0 Å². The summed E-state index contributed by atoms with van der Waals surface area (Å²) in [7, 11) is 2.83. The molecule has 3 aromatic carbocycles. The molecule has 2 amide bonds. The monoisotopic (exact) mass is 991 g/mol. The second kappa shape index (κ2) is 25.2. The van der Waals surface area contributed by atoms with E-state index < -0.39 is 71.7 Å². The van der Waals surface area contributed by atoms with Crippen molar-refractivity contribution in [3.8, 4) is 45.8 Å². The molecule has 0 saturated heterocycles. The molecule has 18 nitrogen and oxygen atoms in total. The topological polar surface area (TPSA) is 296 Å². The Hall–Kier alpha value is -6.62. The molecule has 4 aromatic rings. The number of ether oxygens (including phenoxy) is 3. The quantitative estimate of drug-likeness (QED) is 0.0670. The number of nitrogens with one attached hydrogen (secondary N) is 1. The van der Waals surface area contributed by atoms with Crippen molar-refractivity contribution in [3.05, 3.63) is 88.2 Å². The number of nitriles is 1. The van der Waals surface area contributed by atoms with Crippen LogP contribution in [-0.4, -0.2) is 120 Å². The molecular formula is C54H70N8O10. The number of aliphatic hydroxyl groups excluding tert-OH is 2. The second-order valence-corrected chi connectivity index (χ2v) is 19.5. The Bertz CT molecular complexity index is 2620. The molecule has 386 valence electrons. The highest BCUT2D eigenvalue weighted by molar-refractivity contribution is 6.01. The largest absolute Gasteiger partial charge is 0.492 e. The van der Waals surface area contributed by atoms with Crippen molar-refractivity contribution >= 4 is 29.2 Å². The lowest BCUT2D eigenvalue weighted by atomic mass is 9.86. The van der Waals surface area contributed by atoms with Gasteiger partial charge in [0.15, 0.2) is 34.7 Å². The number of benzene rings is 3. The summed E-state index contributed by atoms with van der Waals surface area (Å²) in [6, 6.07) is 15.5. The maximum Gasteiger partial charge on any atom is 0.226 e. The molecule has 1 aliphatic heterocycles. The Balaban J connectivity index is 1.66. The third-order valence-electron chi connectivity index (χ3n) is 12.8. The first-order chi connectivity index (χ1) is 34.1. The predicted molar refractivity (Wildman–Crippen MR) is 271 cm³/mol. The van der Waals surface area contributed by atoms with Crippen molar-refractivity contribution in [1.29, 1.82) is 5.26 Å². The van der Waals surface area contributed by atoms with E-state index in [1.165, 1.54) is 32.0 Å². The van der Waals surface area contributed by atoms with Crippen molar-refractivity contribution < 1.29 is 48.4 Å². The average molecular weight is 991 g/mol. The highest BCUT2D eigenvalue weighted by Crippen LogP contribution is 2.46. The number of hydrogen-bond donors (Lipinski definition) is 6. The summed E-state index contributed by atoms with van der Waals surface area (Å²) in [5, 5.41) is 33.1. The molecular weight excluding hydrogens is 921 g/mol. The van der Waals surface area contributed by atoms with Gasteiger partial charge in [0.1, 0.15) is 37.2 Å². The third kappa shape index (κ3) is 13.9. The van der Waals surface area contributed by atoms with Gasteiger partial charge in [-0.25, -0.2) is 9.97 Å². The van der Waals surface area contributed by atoms with E-state index in [4.69, 9.17) is 41.4 Å². The number of nitrogens with zero attached hydrogens (tertiary/aromatic N) is 4. The van der Waals surface area contributed by atoms with Gasteiger partial charge in [-0.15, -0.1) is 0 Å². The molecule has 72 heavy (non-hydrogen) atoms. The van der Waals surface area contributed by atoms with E-state index in [2.05, 4.69) is 26.1 Å². The zero-order valence-electron chi connectivity index (χ0n) is 42.6. The molecule has 4 bridgehead atoms. The summed E-state index contributed by atoms with van der Waals surface area (Å²) in [6.45, 7) is 10.6. The van der Waals surface area contributed by atoms with Crippen LogP contribution in [0.3, 0.4) is 0 Å². The second-order valence-electron chi connectivity index (χ2n) is 19.5. The molecule has 5 rings (SSSR count). The molecule has 18 heteroatoms. The maximum atomic E-state index is 15.0. The predicted octanol–water partition coefficient (Wildman–Crippen LogP) is 4.38. The van der Waals surface area contributed by atoms with Crippen molar-refractivity contribution in [2.45, 2.75) is 110 Å². The number of Topliss-reactive ketones (excluding diaryl/α,β-unsaturated/α-hetero) is 3. The first-order valence-electron chi connectivity index (χ1n) is 24.2. The Morgan fingerprint density at radius 1 is 0.903 bits per heavy atom. The van der Waals surface area contributed by atoms with E-state index in [0.717, 1.165) is 11.1 Å². The Labute approximate surface area is 421 Å². The molecule has 2 heterocycles. The van der Waals surface area contributed by atoms with Crippen molar-refractivity contribution in [1.82, 2.24) is 20.2 Å². The Morgan fingerprint density at radius 2 is 1.53 bits per heavy atom. The van der Waals surface area contributed by atoms with E-state index in [1.807, 2.05) is 30.3 Å². The molecule has 0 radical (unpaired) electrons. The van der Waals surface area contributed by atoms with Crippen LogP contribution in [0, 0.1) is 37.0 Å². The van der Waals surface area contributed by atoms with E-state index >= 15 is 9.59 Å². The van der Waals surface area contributed by atoms with Gasteiger partial charge in [0, 0.05) is 74.3 Å². The number of methoxy groups -OCH3 is 1. The number of rotatable bonds is 20. The molecule has 0 spiro atoms. The summed E-state index contributed by atoms with van der Waals surface area (Å²) >= 11 is 0. The van der Waals surface area contributed by atoms with Crippen LogP contribution in [0.15, 0.2) is 54.6 Å². The molecule has 1 aliphatic rings. The van der Waals surface area contributed by atoms with Gasteiger partial charge < -0.3 is 51.8 Å². The first-order valence-corrected chi connectivity index (χ1v) is 24.2. The maximum absolute atomic E-state index is 15.0. The van der Waals surface area contributed by atoms with E-state index in [9.17, 15) is 29.9 Å². The summed E-state index contributed by atoms with van der Waals surface area (Å²) in [6.07, 6.45) is -3.04. The molecule has 0 aliphatic carbocycles. The summed E-state index contributed by atoms with van der Waals surface area (Å²) in [5.41, 5.74) is 22.0. The van der Waals surface area contributed by atoms with Gasteiger partial charge in [0.2, 0.25) is 11.8 Å². The van der Waals surface area contributed by atoms with Crippen LogP contribution in [0.4, 0.5) is 0 Å². The van der Waals surface area contributed by atoms with Crippen LogP contribution in [0.1, 0.15) is 104 Å². The minimum absolute atomic E-state index is 0.00862. The molecule has 6 atom stereocenters. The van der Waals surface area contributed by atoms with Gasteiger partial charge in [-0.1, -0.05) is 58.0 Å². The van der Waals surface area contributed by atoms with Crippen LogP contribution < -0.4 is 36.7 Å². The number of carbonyl (C=O) groups excluding carboxylic acids is 5. The zero-order valence-corrected chi connectivity index (χ0v) is 42.6. The van der Waals surface area contributed by atoms with Gasteiger partial charge in [-0.05, 0) is 79.6 Å². The number of aryl methyl sites for hydroxylation is 2. The van der Waals surface area contributed by atoms with Gasteiger partial charge in [0.25, 0.3) is 0 Å². The van der Waals surface area contributed by atoms with Gasteiger partial charge >= 0.3 is 0 Å². The third-order valence-corrected chi connectivity index (χ3v) is 12.8. The van der Waals surface area contributed by atoms with E-state index in [1.54, 1.807) is 38.1 Å². The molecule has 1 aromatic heterocycles. The number of amides is 2. The van der Waals surface area contributed by atoms with Gasteiger partial charge in [-0.2, -0.15) is 5.26 Å². The highest BCUT2D eigenvalue weighted by Gasteiger charge is 2.37. The van der Waals surface area contributed by atoms with Crippen molar-refractivity contribution in [3.63, 3.8) is 0 Å². The first kappa shape index (κ1) is 56.3. The highest BCUT2D eigenvalue weighted by atomic mass is 16.5. The number of aliphatic hydroxyl groups is 2. The zero-order chi connectivity index (χ0) is 53.0. The van der Waals surface area contributed by atoms with Crippen LogP contribution in [0.2, 0.25) is 0 Å². The lowest BCUT2D eigenvalue weighted by Crippen LogP contribution is -2.46. The van der Waals surface area contributed by atoms with Gasteiger partial charge in [-0.3, -0.25) is 24.0 Å². The van der Waals surface area contributed by atoms with Crippen LogP contribution >= 0.6 is 0 Å². The molecule has 0 fully saturated rings. The minimum Gasteiger partial charge on any atom is -0.492 e.